The number of hydrogen-bond donors (Lipinski definition) is 1. The fourth-order valence-electron chi connectivity index (χ4n) is 4.36. The van der Waals surface area contributed by atoms with E-state index in [9.17, 15) is 9.59 Å². The van der Waals surface area contributed by atoms with Crippen LogP contribution in [0.5, 0.6) is 0 Å². The summed E-state index contributed by atoms with van der Waals surface area (Å²) in [7, 11) is 0. The molecular weight excluding hydrogens is 480 g/mol. The second kappa shape index (κ2) is 9.93. The molecule has 9 heteroatoms. The van der Waals surface area contributed by atoms with Gasteiger partial charge in [-0.15, -0.1) is 0 Å². The van der Waals surface area contributed by atoms with Crippen molar-refractivity contribution in [1.29, 1.82) is 0 Å². The lowest BCUT2D eigenvalue weighted by molar-refractivity contribution is -0.123. The van der Waals surface area contributed by atoms with Crippen LogP contribution in [-0.4, -0.2) is 43.8 Å². The van der Waals surface area contributed by atoms with Crippen molar-refractivity contribution < 1.29 is 9.53 Å². The standard InChI is InChI=1S/C26H26N4O3S2/c1-16-10-11-22-28-23(27-14-19-9-6-12-33-19)20(24(31)29(22)15-16)13-21-25(32)30(26(34)35-21)17(2)18-7-4-3-5-8-18/h3-5,7-8,10-11,13,15,17,19,27H,6,9,12,14H2,1-2H3. The molecule has 7 nitrogen and oxygen atoms in total. The minimum atomic E-state index is -0.241. The Morgan fingerprint density at radius 3 is 2.80 bits per heavy atom. The molecule has 0 spiro atoms. The molecular formula is C26H26N4O3S2. The summed E-state index contributed by atoms with van der Waals surface area (Å²) in [5, 5.41) is 3.30. The number of thioether (sulfide) groups is 1. The number of nitrogens with one attached hydrogen (secondary N) is 1. The number of pyridine rings is 1. The number of hydrogen-bond acceptors (Lipinski definition) is 7. The monoisotopic (exact) mass is 506 g/mol. The Balaban J connectivity index is 1.53. The lowest BCUT2D eigenvalue weighted by Gasteiger charge is -2.23. The summed E-state index contributed by atoms with van der Waals surface area (Å²) < 4.78 is 7.71. The van der Waals surface area contributed by atoms with E-state index in [0.29, 0.717) is 32.8 Å². The molecule has 2 saturated heterocycles. The number of ether oxygens (including phenoxy) is 1. The Labute approximate surface area is 213 Å². The molecule has 1 amide bonds. The van der Waals surface area contributed by atoms with Gasteiger partial charge in [-0.05, 0) is 50.0 Å². The van der Waals surface area contributed by atoms with Crippen LogP contribution in [0.25, 0.3) is 11.7 Å². The van der Waals surface area contributed by atoms with Crippen LogP contribution in [0.1, 0.15) is 42.5 Å². The summed E-state index contributed by atoms with van der Waals surface area (Å²) in [6.07, 6.45) is 5.44. The fraction of sp³-hybridized carbons (Fsp3) is 0.308. The lowest BCUT2D eigenvalue weighted by atomic mass is 10.1. The maximum atomic E-state index is 13.6. The Bertz CT molecular complexity index is 1380. The molecule has 0 aliphatic carbocycles. The van der Waals surface area contributed by atoms with E-state index < -0.39 is 0 Å². The van der Waals surface area contributed by atoms with Crippen LogP contribution in [0.2, 0.25) is 0 Å². The second-order valence-corrected chi connectivity index (χ2v) is 10.4. The second-order valence-electron chi connectivity index (χ2n) is 8.77. The van der Waals surface area contributed by atoms with Gasteiger partial charge in [-0.3, -0.25) is 18.9 Å². The van der Waals surface area contributed by atoms with Crippen molar-refractivity contribution in [3.8, 4) is 0 Å². The van der Waals surface area contributed by atoms with E-state index in [1.165, 1.54) is 16.2 Å². The van der Waals surface area contributed by atoms with Gasteiger partial charge < -0.3 is 10.1 Å². The molecule has 3 aromatic rings. The van der Waals surface area contributed by atoms with Gasteiger partial charge in [0.1, 0.15) is 15.8 Å². The Morgan fingerprint density at radius 1 is 1.26 bits per heavy atom. The van der Waals surface area contributed by atoms with Gasteiger partial charge in [-0.1, -0.05) is 60.4 Å². The Hall–Kier alpha value is -3.01. The number of anilines is 1. The highest BCUT2D eigenvalue weighted by Gasteiger charge is 2.36. The molecule has 0 saturated carbocycles. The van der Waals surface area contributed by atoms with E-state index in [4.69, 9.17) is 21.9 Å². The van der Waals surface area contributed by atoms with Crippen molar-refractivity contribution in [2.45, 2.75) is 38.8 Å². The summed E-state index contributed by atoms with van der Waals surface area (Å²) in [6, 6.07) is 13.3. The van der Waals surface area contributed by atoms with Gasteiger partial charge in [0.25, 0.3) is 11.5 Å². The summed E-state index contributed by atoms with van der Waals surface area (Å²) in [4.78, 5) is 33.7. The van der Waals surface area contributed by atoms with Crippen LogP contribution in [0.4, 0.5) is 5.82 Å². The molecule has 35 heavy (non-hydrogen) atoms. The number of aryl methyl sites for hydroxylation is 1. The number of amides is 1. The van der Waals surface area contributed by atoms with Crippen molar-refractivity contribution in [3.63, 3.8) is 0 Å². The highest BCUT2D eigenvalue weighted by Crippen LogP contribution is 2.38. The quantitative estimate of drug-likeness (QED) is 0.388. The maximum Gasteiger partial charge on any atom is 0.267 e. The van der Waals surface area contributed by atoms with Crippen molar-refractivity contribution >= 4 is 51.7 Å². The largest absolute Gasteiger partial charge is 0.376 e. The highest BCUT2D eigenvalue weighted by atomic mass is 32.2. The SMILES string of the molecule is Cc1ccc2nc(NCC3CCCO3)c(C=C3SC(=S)N(C(C)c4ccccc4)C3=O)c(=O)n2c1. The van der Waals surface area contributed by atoms with Crippen LogP contribution in [-0.2, 0) is 9.53 Å². The third kappa shape index (κ3) is 4.76. The van der Waals surface area contributed by atoms with E-state index in [1.54, 1.807) is 17.2 Å². The van der Waals surface area contributed by atoms with Crippen molar-refractivity contribution in [2.75, 3.05) is 18.5 Å². The molecule has 5 rings (SSSR count). The number of aromatic nitrogens is 2. The zero-order valence-corrected chi connectivity index (χ0v) is 21.2. The molecule has 1 aromatic carbocycles. The van der Waals surface area contributed by atoms with Crippen LogP contribution >= 0.6 is 24.0 Å². The number of thiocarbonyl (C=S) groups is 1. The first-order valence-corrected chi connectivity index (χ1v) is 12.9. The van der Waals surface area contributed by atoms with E-state index >= 15 is 0 Å². The van der Waals surface area contributed by atoms with Gasteiger partial charge >= 0.3 is 0 Å². The maximum absolute atomic E-state index is 13.6. The van der Waals surface area contributed by atoms with E-state index in [-0.39, 0.29) is 23.6 Å². The van der Waals surface area contributed by atoms with Crippen molar-refractivity contribution in [3.05, 3.63) is 80.6 Å². The highest BCUT2D eigenvalue weighted by molar-refractivity contribution is 8.26. The zero-order chi connectivity index (χ0) is 24.5. The Morgan fingerprint density at radius 2 is 2.06 bits per heavy atom. The van der Waals surface area contributed by atoms with Gasteiger partial charge in [-0.2, -0.15) is 0 Å². The van der Waals surface area contributed by atoms with Gasteiger partial charge in [0.15, 0.2) is 0 Å². The Kier molecular flexibility index (Phi) is 6.73. The smallest absolute Gasteiger partial charge is 0.267 e. The summed E-state index contributed by atoms with van der Waals surface area (Å²) in [6.45, 7) is 5.16. The molecule has 2 aliphatic heterocycles. The first kappa shape index (κ1) is 23.7. The number of fused-ring (bicyclic) bond motifs is 1. The number of nitrogens with zero attached hydrogens (tertiary/aromatic N) is 3. The van der Waals surface area contributed by atoms with E-state index in [2.05, 4.69) is 5.32 Å². The topological polar surface area (TPSA) is 75.9 Å². The molecule has 2 unspecified atom stereocenters. The molecule has 2 aliphatic rings. The molecule has 0 bridgehead atoms. The summed E-state index contributed by atoms with van der Waals surface area (Å²) in [5.74, 6) is 0.228. The fourth-order valence-corrected chi connectivity index (χ4v) is 5.77. The lowest BCUT2D eigenvalue weighted by Crippen LogP contribution is -2.31. The van der Waals surface area contributed by atoms with Gasteiger partial charge in [0.2, 0.25) is 0 Å². The number of benzene rings is 1. The van der Waals surface area contributed by atoms with Crippen LogP contribution in [0.3, 0.4) is 0 Å². The molecule has 2 atom stereocenters. The predicted octanol–water partition coefficient (Wildman–Crippen LogP) is 4.56. The van der Waals surface area contributed by atoms with E-state index in [0.717, 1.165) is 30.6 Å². The average molecular weight is 507 g/mol. The molecule has 180 valence electrons. The minimum Gasteiger partial charge on any atom is -0.376 e. The molecule has 4 heterocycles. The van der Waals surface area contributed by atoms with Crippen LogP contribution in [0.15, 0.2) is 58.4 Å². The molecule has 2 fully saturated rings. The number of rotatable bonds is 6. The summed E-state index contributed by atoms with van der Waals surface area (Å²) in [5.41, 5.74) is 2.56. The number of carbonyl (C=O) groups is 1. The van der Waals surface area contributed by atoms with Crippen molar-refractivity contribution in [2.24, 2.45) is 0 Å². The average Bonchev–Trinajstić information content (AvgIpc) is 3.48. The van der Waals surface area contributed by atoms with Gasteiger partial charge in [-0.25, -0.2) is 4.98 Å². The third-order valence-electron chi connectivity index (χ3n) is 6.29. The molecule has 0 radical (unpaired) electrons. The normalized spacial score (nSPS) is 20.2. The van der Waals surface area contributed by atoms with Crippen LogP contribution < -0.4 is 10.9 Å². The molecule has 1 N–H and O–H groups in total. The first-order valence-electron chi connectivity index (χ1n) is 11.6. The van der Waals surface area contributed by atoms with Gasteiger partial charge in [0.05, 0.1) is 22.6 Å². The minimum absolute atomic E-state index is 0.0750. The first-order chi connectivity index (χ1) is 16.9. The van der Waals surface area contributed by atoms with Gasteiger partial charge in [0, 0.05) is 19.3 Å². The zero-order valence-electron chi connectivity index (χ0n) is 19.6. The third-order valence-corrected chi connectivity index (χ3v) is 7.63. The number of carbonyl (C=O) groups excluding carboxylic acids is 1. The van der Waals surface area contributed by atoms with E-state index in [1.807, 2.05) is 56.3 Å². The van der Waals surface area contributed by atoms with Crippen molar-refractivity contribution in [1.82, 2.24) is 14.3 Å². The molecule has 2 aromatic heterocycles. The predicted molar refractivity (Wildman–Crippen MR) is 144 cm³/mol. The summed E-state index contributed by atoms with van der Waals surface area (Å²) >= 11 is 6.78. The van der Waals surface area contributed by atoms with Crippen LogP contribution in [0, 0.1) is 6.92 Å².